The normalized spacial score (nSPS) is 22.0. The Morgan fingerprint density at radius 3 is 1.76 bits per heavy atom. The van der Waals surface area contributed by atoms with Gasteiger partial charge in [-0.05, 0) is 29.4 Å². The van der Waals surface area contributed by atoms with Gasteiger partial charge >= 0.3 is 0 Å². The molecule has 2 aliphatic rings. The fourth-order valence-corrected chi connectivity index (χ4v) is 5.32. The fourth-order valence-electron chi connectivity index (χ4n) is 5.32. The Morgan fingerprint density at radius 1 is 0.794 bits per heavy atom. The van der Waals surface area contributed by atoms with Gasteiger partial charge in [0.2, 0.25) is 11.8 Å². The van der Waals surface area contributed by atoms with Crippen LogP contribution in [0.15, 0.2) is 60.7 Å². The van der Waals surface area contributed by atoms with Gasteiger partial charge in [0.1, 0.15) is 0 Å². The maximum absolute atomic E-state index is 13.0. The number of nitrogens with zero attached hydrogens (tertiary/aromatic N) is 3. The molecular formula is C28H38N4O2. The second-order valence-electron chi connectivity index (χ2n) is 10.1. The minimum Gasteiger partial charge on any atom is -0.344 e. The average molecular weight is 463 g/mol. The number of rotatable bonds is 7. The highest BCUT2D eigenvalue weighted by Gasteiger charge is 2.28. The molecule has 2 aromatic rings. The molecule has 34 heavy (non-hydrogen) atoms. The summed E-state index contributed by atoms with van der Waals surface area (Å²) in [5, 5.41) is 3.24. The Bertz CT molecular complexity index is 878. The number of piperazine rings is 1. The van der Waals surface area contributed by atoms with Crippen molar-refractivity contribution in [3.8, 4) is 0 Å². The van der Waals surface area contributed by atoms with E-state index in [0.29, 0.717) is 24.9 Å². The van der Waals surface area contributed by atoms with Crippen molar-refractivity contribution in [2.45, 2.75) is 26.3 Å². The highest BCUT2D eigenvalue weighted by atomic mass is 16.2. The number of amides is 2. The van der Waals surface area contributed by atoms with Crippen molar-refractivity contribution >= 4 is 11.8 Å². The van der Waals surface area contributed by atoms with Gasteiger partial charge in [-0.15, -0.1) is 0 Å². The standard InChI is InChI=1S/C28H38N4O2/c1-22-17-23(2)19-32(18-22)27(34)21-31-15-13-30(14-16-31)20-26(33)29-28(24-9-5-3-6-10-24)25-11-7-4-8-12-25/h3-12,22-23,28H,13-21H2,1-2H3,(H,29,33)/t22-,23+. The summed E-state index contributed by atoms with van der Waals surface area (Å²) in [5.74, 6) is 1.44. The number of likely N-dealkylation sites (tertiary alicyclic amines) is 1. The van der Waals surface area contributed by atoms with E-state index in [9.17, 15) is 9.59 Å². The summed E-state index contributed by atoms with van der Waals surface area (Å²) in [6.07, 6.45) is 1.21. The summed E-state index contributed by atoms with van der Waals surface area (Å²) < 4.78 is 0. The van der Waals surface area contributed by atoms with E-state index in [1.165, 1.54) is 6.42 Å². The molecule has 0 radical (unpaired) electrons. The van der Waals surface area contributed by atoms with Gasteiger partial charge in [-0.25, -0.2) is 0 Å². The molecule has 1 N–H and O–H groups in total. The molecule has 0 aliphatic carbocycles. The number of carbonyl (C=O) groups excluding carboxylic acids is 2. The predicted molar refractivity (Wildman–Crippen MR) is 135 cm³/mol. The van der Waals surface area contributed by atoms with Crippen molar-refractivity contribution < 1.29 is 9.59 Å². The molecule has 2 fully saturated rings. The van der Waals surface area contributed by atoms with Crippen molar-refractivity contribution in [2.75, 3.05) is 52.4 Å². The van der Waals surface area contributed by atoms with Crippen molar-refractivity contribution in [1.29, 1.82) is 0 Å². The zero-order chi connectivity index (χ0) is 23.9. The lowest BCUT2D eigenvalue weighted by molar-refractivity contribution is -0.135. The van der Waals surface area contributed by atoms with Crippen LogP contribution < -0.4 is 5.32 Å². The van der Waals surface area contributed by atoms with Gasteiger partial charge in [-0.1, -0.05) is 74.5 Å². The SMILES string of the molecule is C[C@@H]1C[C@H](C)CN(C(=O)CN2CCN(CC(=O)NC(c3ccccc3)c3ccccc3)CC2)C1. The van der Waals surface area contributed by atoms with Crippen LogP contribution in [0.4, 0.5) is 0 Å². The van der Waals surface area contributed by atoms with Crippen LogP contribution in [0.2, 0.25) is 0 Å². The third-order valence-corrected chi connectivity index (χ3v) is 6.98. The first-order valence-electron chi connectivity index (χ1n) is 12.6. The maximum atomic E-state index is 13.0. The van der Waals surface area contributed by atoms with Crippen LogP contribution in [-0.2, 0) is 9.59 Å². The molecule has 4 rings (SSSR count). The molecule has 2 aliphatic heterocycles. The van der Waals surface area contributed by atoms with E-state index < -0.39 is 0 Å². The highest BCUT2D eigenvalue weighted by molar-refractivity contribution is 5.79. The summed E-state index contributed by atoms with van der Waals surface area (Å²) in [4.78, 5) is 32.3. The summed E-state index contributed by atoms with van der Waals surface area (Å²) in [6, 6.07) is 20.0. The van der Waals surface area contributed by atoms with E-state index in [1.807, 2.05) is 41.3 Å². The molecule has 2 atom stereocenters. The Kier molecular flexibility index (Phi) is 8.35. The van der Waals surface area contributed by atoms with Gasteiger partial charge in [-0.2, -0.15) is 0 Å². The second-order valence-corrected chi connectivity index (χ2v) is 10.1. The van der Waals surface area contributed by atoms with E-state index in [0.717, 1.165) is 50.4 Å². The minimum absolute atomic E-state index is 0.0264. The topological polar surface area (TPSA) is 55.9 Å². The molecule has 0 spiro atoms. The Labute approximate surface area is 203 Å². The average Bonchev–Trinajstić information content (AvgIpc) is 2.84. The zero-order valence-electron chi connectivity index (χ0n) is 20.5. The van der Waals surface area contributed by atoms with Crippen LogP contribution in [0.5, 0.6) is 0 Å². The number of hydrogen-bond donors (Lipinski definition) is 1. The van der Waals surface area contributed by atoms with E-state index in [2.05, 4.69) is 53.2 Å². The first-order chi connectivity index (χ1) is 16.5. The summed E-state index contributed by atoms with van der Waals surface area (Å²) in [7, 11) is 0. The van der Waals surface area contributed by atoms with Gasteiger partial charge in [0.05, 0.1) is 19.1 Å². The van der Waals surface area contributed by atoms with Crippen molar-refractivity contribution in [3.63, 3.8) is 0 Å². The van der Waals surface area contributed by atoms with Crippen LogP contribution in [0.3, 0.4) is 0 Å². The number of carbonyl (C=O) groups is 2. The van der Waals surface area contributed by atoms with Crippen LogP contribution in [0.25, 0.3) is 0 Å². The lowest BCUT2D eigenvalue weighted by atomic mass is 9.92. The van der Waals surface area contributed by atoms with Gasteiger partial charge in [0, 0.05) is 39.3 Å². The third kappa shape index (κ3) is 6.67. The molecule has 2 aromatic carbocycles. The van der Waals surface area contributed by atoms with Crippen LogP contribution >= 0.6 is 0 Å². The Morgan fingerprint density at radius 2 is 1.26 bits per heavy atom. The molecule has 6 heteroatoms. The molecule has 0 bridgehead atoms. The lowest BCUT2D eigenvalue weighted by Crippen LogP contribution is -2.53. The molecule has 182 valence electrons. The third-order valence-electron chi connectivity index (χ3n) is 6.98. The van der Waals surface area contributed by atoms with Crippen molar-refractivity contribution in [2.24, 2.45) is 11.8 Å². The molecule has 0 aromatic heterocycles. The molecule has 0 saturated carbocycles. The number of benzene rings is 2. The van der Waals surface area contributed by atoms with Crippen LogP contribution in [0, 0.1) is 11.8 Å². The quantitative estimate of drug-likeness (QED) is 0.687. The molecule has 2 amide bonds. The predicted octanol–water partition coefficient (Wildman–Crippen LogP) is 3.01. The molecule has 2 saturated heterocycles. The van der Waals surface area contributed by atoms with E-state index in [1.54, 1.807) is 0 Å². The second kappa shape index (κ2) is 11.6. The Balaban J connectivity index is 1.26. The highest BCUT2D eigenvalue weighted by Crippen LogP contribution is 2.22. The largest absolute Gasteiger partial charge is 0.344 e. The van der Waals surface area contributed by atoms with Crippen molar-refractivity contribution in [1.82, 2.24) is 20.0 Å². The van der Waals surface area contributed by atoms with Crippen LogP contribution in [-0.4, -0.2) is 78.9 Å². The maximum Gasteiger partial charge on any atom is 0.236 e. The van der Waals surface area contributed by atoms with E-state index in [4.69, 9.17) is 0 Å². The van der Waals surface area contributed by atoms with E-state index >= 15 is 0 Å². The summed E-state index contributed by atoms with van der Waals surface area (Å²) in [5.41, 5.74) is 2.15. The molecule has 6 nitrogen and oxygen atoms in total. The molecule has 0 unspecified atom stereocenters. The minimum atomic E-state index is -0.164. The van der Waals surface area contributed by atoms with E-state index in [-0.39, 0.29) is 17.9 Å². The van der Waals surface area contributed by atoms with Gasteiger partial charge in [-0.3, -0.25) is 19.4 Å². The lowest BCUT2D eigenvalue weighted by Gasteiger charge is -2.38. The van der Waals surface area contributed by atoms with Gasteiger partial charge in [0.25, 0.3) is 0 Å². The fraction of sp³-hybridized carbons (Fsp3) is 0.500. The zero-order valence-corrected chi connectivity index (χ0v) is 20.5. The first-order valence-corrected chi connectivity index (χ1v) is 12.6. The van der Waals surface area contributed by atoms with Crippen LogP contribution in [0.1, 0.15) is 37.4 Å². The van der Waals surface area contributed by atoms with Crippen molar-refractivity contribution in [3.05, 3.63) is 71.8 Å². The number of piperidine rings is 1. The summed E-state index contributed by atoms with van der Waals surface area (Å²) in [6.45, 7) is 10.3. The molecular weight excluding hydrogens is 424 g/mol. The smallest absolute Gasteiger partial charge is 0.236 e. The number of nitrogens with one attached hydrogen (secondary N) is 1. The first kappa shape index (κ1) is 24.4. The monoisotopic (exact) mass is 462 g/mol. The molecule has 2 heterocycles. The van der Waals surface area contributed by atoms with Gasteiger partial charge in [0.15, 0.2) is 0 Å². The number of hydrogen-bond acceptors (Lipinski definition) is 4. The summed E-state index contributed by atoms with van der Waals surface area (Å²) >= 11 is 0. The Hall–Kier alpha value is -2.70. The van der Waals surface area contributed by atoms with Gasteiger partial charge < -0.3 is 10.2 Å².